The second-order valence-corrected chi connectivity index (χ2v) is 4.08. The molecule has 1 heterocycles. The first-order valence-corrected chi connectivity index (χ1v) is 5.27. The van der Waals surface area contributed by atoms with E-state index in [1.807, 2.05) is 0 Å². The van der Waals surface area contributed by atoms with Crippen LogP contribution in [0.5, 0.6) is 5.75 Å². The summed E-state index contributed by atoms with van der Waals surface area (Å²) in [6.45, 7) is 0.0969. The Morgan fingerprint density at radius 3 is 2.68 bits per heavy atom. The highest BCUT2D eigenvalue weighted by atomic mass is 19.3. The summed E-state index contributed by atoms with van der Waals surface area (Å²) < 4.78 is 58.9. The summed E-state index contributed by atoms with van der Waals surface area (Å²) in [6, 6.07) is -1.81. The van der Waals surface area contributed by atoms with Crippen LogP contribution in [0, 0.1) is 11.6 Å². The van der Waals surface area contributed by atoms with E-state index in [4.69, 9.17) is 15.6 Å². The number of carboxylic acid groups (broad SMARTS) is 1. The first-order valence-electron chi connectivity index (χ1n) is 5.27. The molecular weight excluding hydrogens is 270 g/mol. The smallest absolute Gasteiger partial charge is 0.376 e. The van der Waals surface area contributed by atoms with Crippen molar-refractivity contribution in [2.75, 3.05) is 6.61 Å². The van der Waals surface area contributed by atoms with Gasteiger partial charge in [0.2, 0.25) is 0 Å². The second kappa shape index (κ2) is 4.37. The van der Waals surface area contributed by atoms with Crippen molar-refractivity contribution in [1.82, 2.24) is 0 Å². The standard InChI is InChI=1S/C11H9F4NO3/c12-5-3-4-1-2-19-8(4)7(13)6(5)9(16)11(14,15)10(17)18/h3,9H,1-2,16H2,(H,17,18)/t9-/m1/s1. The number of hydrogen-bond acceptors (Lipinski definition) is 3. The van der Waals surface area contributed by atoms with Gasteiger partial charge in [-0.05, 0) is 6.07 Å². The van der Waals surface area contributed by atoms with Gasteiger partial charge in [-0.3, -0.25) is 0 Å². The van der Waals surface area contributed by atoms with Crippen LogP contribution in [-0.4, -0.2) is 23.6 Å². The maximum atomic E-state index is 13.9. The number of hydrogen-bond donors (Lipinski definition) is 2. The average Bonchev–Trinajstić information content (AvgIpc) is 2.76. The molecule has 0 radical (unpaired) electrons. The number of rotatable bonds is 3. The molecule has 0 aliphatic carbocycles. The fraction of sp³-hybridized carbons (Fsp3) is 0.364. The summed E-state index contributed by atoms with van der Waals surface area (Å²) in [5.74, 6) is -10.1. The molecule has 0 unspecified atom stereocenters. The van der Waals surface area contributed by atoms with Crippen molar-refractivity contribution < 1.29 is 32.2 Å². The van der Waals surface area contributed by atoms with Crippen LogP contribution in [-0.2, 0) is 11.2 Å². The van der Waals surface area contributed by atoms with Crippen LogP contribution in [0.3, 0.4) is 0 Å². The molecule has 0 fully saturated rings. The van der Waals surface area contributed by atoms with E-state index in [-0.39, 0.29) is 24.3 Å². The van der Waals surface area contributed by atoms with Gasteiger partial charge in [-0.1, -0.05) is 0 Å². The molecule has 2 rings (SSSR count). The second-order valence-electron chi connectivity index (χ2n) is 4.08. The van der Waals surface area contributed by atoms with Crippen molar-refractivity contribution >= 4 is 5.97 Å². The molecule has 0 amide bonds. The number of carbonyl (C=O) groups is 1. The lowest BCUT2D eigenvalue weighted by Gasteiger charge is -2.21. The highest BCUT2D eigenvalue weighted by Gasteiger charge is 2.49. The molecule has 104 valence electrons. The number of fused-ring (bicyclic) bond motifs is 1. The quantitative estimate of drug-likeness (QED) is 0.825. The number of benzene rings is 1. The summed E-state index contributed by atoms with van der Waals surface area (Å²) in [7, 11) is 0. The Bertz CT molecular complexity index is 547. The Balaban J connectivity index is 2.55. The maximum Gasteiger partial charge on any atom is 0.376 e. The van der Waals surface area contributed by atoms with E-state index in [1.165, 1.54) is 0 Å². The molecule has 0 bridgehead atoms. The first kappa shape index (κ1) is 13.6. The Morgan fingerprint density at radius 2 is 2.11 bits per heavy atom. The van der Waals surface area contributed by atoms with Gasteiger partial charge in [0.05, 0.1) is 12.2 Å². The van der Waals surface area contributed by atoms with E-state index in [9.17, 15) is 22.4 Å². The van der Waals surface area contributed by atoms with E-state index in [1.54, 1.807) is 0 Å². The van der Waals surface area contributed by atoms with Gasteiger partial charge in [0, 0.05) is 12.0 Å². The van der Waals surface area contributed by atoms with Crippen molar-refractivity contribution in [3.05, 3.63) is 28.8 Å². The molecule has 1 aliphatic heterocycles. The summed E-state index contributed by atoms with van der Waals surface area (Å²) >= 11 is 0. The summed E-state index contributed by atoms with van der Waals surface area (Å²) in [5, 5.41) is 8.34. The lowest BCUT2D eigenvalue weighted by molar-refractivity contribution is -0.168. The number of alkyl halides is 2. The molecule has 4 nitrogen and oxygen atoms in total. The summed E-state index contributed by atoms with van der Waals surface area (Å²) in [6.07, 6.45) is 0.244. The van der Waals surface area contributed by atoms with E-state index < -0.39 is 35.1 Å². The fourth-order valence-corrected chi connectivity index (χ4v) is 1.87. The van der Waals surface area contributed by atoms with Gasteiger partial charge in [0.25, 0.3) is 0 Å². The zero-order valence-corrected chi connectivity index (χ0v) is 9.42. The van der Waals surface area contributed by atoms with Gasteiger partial charge < -0.3 is 15.6 Å². The molecule has 3 N–H and O–H groups in total. The molecule has 1 atom stereocenters. The van der Waals surface area contributed by atoms with E-state index in [0.717, 1.165) is 6.07 Å². The lowest BCUT2D eigenvalue weighted by atomic mass is 9.97. The van der Waals surface area contributed by atoms with Crippen LogP contribution in [0.4, 0.5) is 17.6 Å². The Kier molecular flexibility index (Phi) is 3.13. The van der Waals surface area contributed by atoms with Crippen molar-refractivity contribution in [3.8, 4) is 5.75 Å². The van der Waals surface area contributed by atoms with E-state index in [2.05, 4.69) is 0 Å². The van der Waals surface area contributed by atoms with Crippen LogP contribution in [0.15, 0.2) is 6.07 Å². The van der Waals surface area contributed by atoms with Gasteiger partial charge in [0.15, 0.2) is 11.6 Å². The van der Waals surface area contributed by atoms with Gasteiger partial charge in [-0.2, -0.15) is 8.78 Å². The largest absolute Gasteiger partial charge is 0.490 e. The first-order chi connectivity index (χ1) is 8.76. The van der Waals surface area contributed by atoms with Crippen molar-refractivity contribution in [1.29, 1.82) is 0 Å². The van der Waals surface area contributed by atoms with Crippen LogP contribution >= 0.6 is 0 Å². The van der Waals surface area contributed by atoms with Crippen molar-refractivity contribution in [3.63, 3.8) is 0 Å². The predicted molar refractivity (Wildman–Crippen MR) is 55.1 cm³/mol. The van der Waals surface area contributed by atoms with Crippen LogP contribution in [0.25, 0.3) is 0 Å². The third-order valence-corrected chi connectivity index (χ3v) is 2.89. The van der Waals surface area contributed by atoms with E-state index >= 15 is 0 Å². The minimum atomic E-state index is -4.49. The molecule has 1 aromatic carbocycles. The maximum absolute atomic E-state index is 13.9. The van der Waals surface area contributed by atoms with Crippen LogP contribution < -0.4 is 10.5 Å². The highest BCUT2D eigenvalue weighted by Crippen LogP contribution is 2.39. The molecule has 0 spiro atoms. The number of carboxylic acids is 1. The number of nitrogens with two attached hydrogens (primary N) is 1. The molecule has 1 aromatic rings. The van der Waals surface area contributed by atoms with Gasteiger partial charge in [-0.15, -0.1) is 0 Å². The Labute approximate surface area is 104 Å². The molecule has 8 heteroatoms. The number of ether oxygens (including phenoxy) is 1. The monoisotopic (exact) mass is 279 g/mol. The third-order valence-electron chi connectivity index (χ3n) is 2.89. The lowest BCUT2D eigenvalue weighted by Crippen LogP contribution is -2.41. The zero-order valence-electron chi connectivity index (χ0n) is 9.42. The zero-order chi connectivity index (χ0) is 14.4. The Hall–Kier alpha value is -1.83. The number of halogens is 4. The molecule has 0 aromatic heterocycles. The third kappa shape index (κ3) is 2.01. The topological polar surface area (TPSA) is 72.5 Å². The minimum absolute atomic E-state index is 0.0969. The van der Waals surface area contributed by atoms with Crippen molar-refractivity contribution in [2.45, 2.75) is 18.4 Å². The molecule has 0 saturated heterocycles. The fourth-order valence-electron chi connectivity index (χ4n) is 1.87. The normalized spacial score (nSPS) is 15.8. The SMILES string of the molecule is N[C@H](c1c(F)cc2c(c1F)OCC2)C(F)(F)C(=O)O. The molecular formula is C11H9F4NO3. The molecule has 1 aliphatic rings. The average molecular weight is 279 g/mol. The molecule has 19 heavy (non-hydrogen) atoms. The summed E-state index contributed by atoms with van der Waals surface area (Å²) in [4.78, 5) is 10.4. The Morgan fingerprint density at radius 1 is 1.47 bits per heavy atom. The predicted octanol–water partition coefficient (Wildman–Crippen LogP) is 1.62. The number of aliphatic carboxylic acids is 1. The van der Waals surface area contributed by atoms with Crippen LogP contribution in [0.1, 0.15) is 17.2 Å². The van der Waals surface area contributed by atoms with Gasteiger partial charge >= 0.3 is 11.9 Å². The van der Waals surface area contributed by atoms with Gasteiger partial charge in [0.1, 0.15) is 11.9 Å². The van der Waals surface area contributed by atoms with Gasteiger partial charge in [-0.25, -0.2) is 13.6 Å². The highest BCUT2D eigenvalue weighted by molar-refractivity contribution is 5.76. The van der Waals surface area contributed by atoms with Crippen LogP contribution in [0.2, 0.25) is 0 Å². The molecule has 0 saturated carbocycles. The van der Waals surface area contributed by atoms with Crippen molar-refractivity contribution in [2.24, 2.45) is 5.73 Å². The van der Waals surface area contributed by atoms with E-state index in [0.29, 0.717) is 0 Å². The summed E-state index contributed by atoms with van der Waals surface area (Å²) in [5.41, 5.74) is 4.01. The minimum Gasteiger partial charge on any atom is -0.490 e.